The van der Waals surface area contributed by atoms with Crippen LogP contribution in [0.2, 0.25) is 0 Å². The monoisotopic (exact) mass is 244 g/mol. The Morgan fingerprint density at radius 3 is 2.94 bits per heavy atom. The van der Waals surface area contributed by atoms with Crippen LogP contribution in [0.15, 0.2) is 30.6 Å². The molecule has 0 aromatic carbocycles. The fourth-order valence-corrected chi connectivity index (χ4v) is 1.62. The van der Waals surface area contributed by atoms with Crippen molar-refractivity contribution in [2.75, 3.05) is 18.5 Å². The van der Waals surface area contributed by atoms with Crippen LogP contribution in [0.4, 0.5) is 5.82 Å². The van der Waals surface area contributed by atoms with E-state index in [1.165, 1.54) is 0 Å². The summed E-state index contributed by atoms with van der Waals surface area (Å²) in [6.07, 6.45) is 4.21. The highest BCUT2D eigenvalue weighted by Gasteiger charge is 2.04. The van der Waals surface area contributed by atoms with Gasteiger partial charge in [0.25, 0.3) is 0 Å². The first kappa shape index (κ1) is 12.4. The molecule has 5 heteroatoms. The third-order valence-electron chi connectivity index (χ3n) is 2.44. The second-order valence-electron chi connectivity index (χ2n) is 3.93. The molecule has 0 aliphatic rings. The van der Waals surface area contributed by atoms with Crippen LogP contribution in [0.3, 0.4) is 0 Å². The van der Waals surface area contributed by atoms with Crippen LogP contribution < -0.4 is 5.32 Å². The Morgan fingerprint density at radius 1 is 1.33 bits per heavy atom. The third kappa shape index (κ3) is 3.24. The van der Waals surface area contributed by atoms with E-state index in [0.717, 1.165) is 17.1 Å². The van der Waals surface area contributed by atoms with Crippen LogP contribution in [0.5, 0.6) is 0 Å². The van der Waals surface area contributed by atoms with Crippen molar-refractivity contribution in [1.29, 1.82) is 0 Å². The van der Waals surface area contributed by atoms with Crippen LogP contribution in [0.25, 0.3) is 11.3 Å². The molecule has 0 bridgehead atoms. The molecule has 0 aliphatic heterocycles. The third-order valence-corrected chi connectivity index (χ3v) is 2.44. The molecule has 0 spiro atoms. The van der Waals surface area contributed by atoms with E-state index in [1.807, 2.05) is 25.1 Å². The van der Waals surface area contributed by atoms with Gasteiger partial charge in [-0.2, -0.15) is 0 Å². The molecule has 2 rings (SSSR count). The number of aliphatic hydroxyl groups is 1. The zero-order chi connectivity index (χ0) is 12.8. The number of aryl methyl sites for hydroxylation is 1. The van der Waals surface area contributed by atoms with Gasteiger partial charge in [-0.05, 0) is 25.5 Å². The SMILES string of the molecule is Cc1nc(NCCCO)cc(-c2cccnc2)n1. The predicted octanol–water partition coefficient (Wildman–Crippen LogP) is 1.64. The number of anilines is 1. The zero-order valence-electron chi connectivity index (χ0n) is 10.3. The van der Waals surface area contributed by atoms with Crippen LogP contribution >= 0.6 is 0 Å². The normalized spacial score (nSPS) is 10.3. The standard InChI is InChI=1S/C13H16N4O/c1-10-16-12(11-4-2-5-14-9-11)8-13(17-10)15-6-3-7-18/h2,4-5,8-9,18H,3,6-7H2,1H3,(H,15,16,17). The van der Waals surface area contributed by atoms with Gasteiger partial charge in [0.05, 0.1) is 5.69 Å². The number of pyridine rings is 1. The Kier molecular flexibility index (Phi) is 4.20. The maximum atomic E-state index is 8.75. The van der Waals surface area contributed by atoms with Gasteiger partial charge in [-0.1, -0.05) is 0 Å². The first-order valence-corrected chi connectivity index (χ1v) is 5.90. The molecule has 0 unspecified atom stereocenters. The minimum absolute atomic E-state index is 0.173. The molecule has 5 nitrogen and oxygen atoms in total. The summed E-state index contributed by atoms with van der Waals surface area (Å²) in [5.74, 6) is 1.48. The molecule has 0 radical (unpaired) electrons. The lowest BCUT2D eigenvalue weighted by molar-refractivity contribution is 0.292. The van der Waals surface area contributed by atoms with Gasteiger partial charge >= 0.3 is 0 Å². The Balaban J connectivity index is 2.21. The largest absolute Gasteiger partial charge is 0.396 e. The summed E-state index contributed by atoms with van der Waals surface area (Å²) in [6.45, 7) is 2.73. The fourth-order valence-electron chi connectivity index (χ4n) is 1.62. The van der Waals surface area contributed by atoms with Crippen molar-refractivity contribution in [3.63, 3.8) is 0 Å². The Labute approximate surface area is 106 Å². The van der Waals surface area contributed by atoms with E-state index in [9.17, 15) is 0 Å². The molecule has 2 heterocycles. The lowest BCUT2D eigenvalue weighted by Crippen LogP contribution is -2.06. The molecule has 0 fully saturated rings. The summed E-state index contributed by atoms with van der Waals surface area (Å²) in [7, 11) is 0. The van der Waals surface area contributed by atoms with Crippen molar-refractivity contribution >= 4 is 5.82 Å². The van der Waals surface area contributed by atoms with Crippen LogP contribution in [-0.2, 0) is 0 Å². The molecule has 0 saturated heterocycles. The van der Waals surface area contributed by atoms with Gasteiger partial charge in [-0.3, -0.25) is 4.98 Å². The highest BCUT2D eigenvalue weighted by Crippen LogP contribution is 2.18. The van der Waals surface area contributed by atoms with Crippen LogP contribution in [0.1, 0.15) is 12.2 Å². The Morgan fingerprint density at radius 2 is 2.22 bits per heavy atom. The molecule has 18 heavy (non-hydrogen) atoms. The average Bonchev–Trinajstić information content (AvgIpc) is 2.39. The van der Waals surface area contributed by atoms with E-state index >= 15 is 0 Å². The molecule has 2 aromatic heterocycles. The van der Waals surface area contributed by atoms with Gasteiger partial charge in [0.1, 0.15) is 11.6 Å². The molecular formula is C13H16N4O. The molecule has 0 saturated carbocycles. The number of hydrogen-bond donors (Lipinski definition) is 2. The highest BCUT2D eigenvalue weighted by atomic mass is 16.3. The van der Waals surface area contributed by atoms with Gasteiger partial charge in [0.2, 0.25) is 0 Å². The molecule has 94 valence electrons. The van der Waals surface area contributed by atoms with E-state index in [-0.39, 0.29) is 6.61 Å². The summed E-state index contributed by atoms with van der Waals surface area (Å²) in [5, 5.41) is 11.9. The zero-order valence-corrected chi connectivity index (χ0v) is 10.3. The van der Waals surface area contributed by atoms with Crippen molar-refractivity contribution in [1.82, 2.24) is 15.0 Å². The number of aromatic nitrogens is 3. The molecule has 0 atom stereocenters. The first-order chi connectivity index (χ1) is 8.79. The van der Waals surface area contributed by atoms with Gasteiger partial charge < -0.3 is 10.4 Å². The Hall–Kier alpha value is -2.01. The maximum absolute atomic E-state index is 8.75. The van der Waals surface area contributed by atoms with Crippen LogP contribution in [0, 0.1) is 6.92 Å². The topological polar surface area (TPSA) is 70.9 Å². The minimum Gasteiger partial charge on any atom is -0.396 e. The van der Waals surface area contributed by atoms with E-state index in [0.29, 0.717) is 18.8 Å². The van der Waals surface area contributed by atoms with Crippen molar-refractivity contribution < 1.29 is 5.11 Å². The number of rotatable bonds is 5. The summed E-state index contributed by atoms with van der Waals surface area (Å²) < 4.78 is 0. The molecule has 0 aliphatic carbocycles. The lowest BCUT2D eigenvalue weighted by atomic mass is 10.2. The summed E-state index contributed by atoms with van der Waals surface area (Å²) in [6, 6.07) is 5.74. The Bertz CT molecular complexity index is 502. The van der Waals surface area contributed by atoms with Gasteiger partial charge in [-0.15, -0.1) is 0 Å². The summed E-state index contributed by atoms with van der Waals surface area (Å²) in [4.78, 5) is 12.8. The summed E-state index contributed by atoms with van der Waals surface area (Å²) >= 11 is 0. The number of nitrogens with zero attached hydrogens (tertiary/aromatic N) is 3. The molecular weight excluding hydrogens is 228 g/mol. The number of aliphatic hydroxyl groups excluding tert-OH is 1. The van der Waals surface area contributed by atoms with Crippen molar-refractivity contribution in [2.45, 2.75) is 13.3 Å². The second kappa shape index (κ2) is 6.07. The van der Waals surface area contributed by atoms with E-state index in [2.05, 4.69) is 20.3 Å². The lowest BCUT2D eigenvalue weighted by Gasteiger charge is -2.07. The predicted molar refractivity (Wildman–Crippen MR) is 70.2 cm³/mol. The molecule has 2 N–H and O–H groups in total. The van der Waals surface area contributed by atoms with E-state index in [4.69, 9.17) is 5.11 Å². The van der Waals surface area contributed by atoms with Crippen molar-refractivity contribution in [3.05, 3.63) is 36.4 Å². The first-order valence-electron chi connectivity index (χ1n) is 5.90. The molecule has 0 amide bonds. The van der Waals surface area contributed by atoms with Crippen LogP contribution in [-0.4, -0.2) is 33.2 Å². The number of hydrogen-bond acceptors (Lipinski definition) is 5. The van der Waals surface area contributed by atoms with Gasteiger partial charge in [0, 0.05) is 37.2 Å². The van der Waals surface area contributed by atoms with E-state index < -0.39 is 0 Å². The average molecular weight is 244 g/mol. The van der Waals surface area contributed by atoms with Gasteiger partial charge in [0.15, 0.2) is 0 Å². The minimum atomic E-state index is 0.173. The second-order valence-corrected chi connectivity index (χ2v) is 3.93. The van der Waals surface area contributed by atoms with E-state index in [1.54, 1.807) is 12.4 Å². The smallest absolute Gasteiger partial charge is 0.130 e. The highest BCUT2D eigenvalue weighted by molar-refractivity contribution is 5.61. The maximum Gasteiger partial charge on any atom is 0.130 e. The van der Waals surface area contributed by atoms with Gasteiger partial charge in [-0.25, -0.2) is 9.97 Å². The van der Waals surface area contributed by atoms with Crippen molar-refractivity contribution in [3.8, 4) is 11.3 Å². The fraction of sp³-hybridized carbons (Fsp3) is 0.308. The molecule has 2 aromatic rings. The van der Waals surface area contributed by atoms with Crippen molar-refractivity contribution in [2.24, 2.45) is 0 Å². The summed E-state index contributed by atoms with van der Waals surface area (Å²) in [5.41, 5.74) is 1.82. The number of nitrogens with one attached hydrogen (secondary N) is 1. The quantitative estimate of drug-likeness (QED) is 0.782.